The van der Waals surface area contributed by atoms with E-state index in [4.69, 9.17) is 0 Å². The lowest BCUT2D eigenvalue weighted by Crippen LogP contribution is -2.45. The van der Waals surface area contributed by atoms with E-state index in [0.717, 1.165) is 36.2 Å². The number of alkyl halides is 3. The Kier molecular flexibility index (Phi) is 7.68. The number of thiazole rings is 1. The first kappa shape index (κ1) is 22.5. The minimum absolute atomic E-state index is 0.0368. The van der Waals surface area contributed by atoms with E-state index in [1.54, 1.807) is 0 Å². The number of guanidine groups is 1. The molecule has 0 amide bonds. The van der Waals surface area contributed by atoms with Crippen molar-refractivity contribution in [2.24, 2.45) is 4.99 Å². The van der Waals surface area contributed by atoms with Crippen LogP contribution in [-0.4, -0.2) is 53.2 Å². The summed E-state index contributed by atoms with van der Waals surface area (Å²) in [4.78, 5) is 10.1. The number of fused-ring (bicyclic) bond motifs is 1. The maximum atomic E-state index is 12.7. The zero-order valence-corrected chi connectivity index (χ0v) is 17.6. The molecule has 1 unspecified atom stereocenters. The van der Waals surface area contributed by atoms with E-state index in [9.17, 15) is 18.3 Å². The lowest BCUT2D eigenvalue weighted by atomic mass is 10.00. The van der Waals surface area contributed by atoms with Crippen molar-refractivity contribution in [3.63, 3.8) is 0 Å². The molecule has 3 N–H and O–H groups in total. The van der Waals surface area contributed by atoms with Crippen molar-refractivity contribution in [1.29, 1.82) is 0 Å². The number of hydrogen-bond donors (Lipinski definition) is 3. The summed E-state index contributed by atoms with van der Waals surface area (Å²) in [5.74, 6) is 0.435. The van der Waals surface area contributed by atoms with Crippen LogP contribution in [0.15, 0.2) is 34.6 Å². The van der Waals surface area contributed by atoms with Gasteiger partial charge in [0.05, 0.1) is 12.6 Å². The summed E-state index contributed by atoms with van der Waals surface area (Å²) in [6, 6.07) is 8.33. The maximum Gasteiger partial charge on any atom is 0.434 e. The average molecular weight is 442 g/mol. The van der Waals surface area contributed by atoms with Gasteiger partial charge in [-0.3, -0.25) is 4.90 Å². The van der Waals surface area contributed by atoms with Crippen LogP contribution in [0.4, 0.5) is 13.2 Å². The number of benzene rings is 1. The van der Waals surface area contributed by atoms with Gasteiger partial charge < -0.3 is 15.7 Å². The Hall–Kier alpha value is -2.17. The lowest BCUT2D eigenvalue weighted by molar-refractivity contribution is -0.140. The van der Waals surface area contributed by atoms with Gasteiger partial charge in [0.2, 0.25) is 0 Å². The van der Waals surface area contributed by atoms with Gasteiger partial charge in [-0.1, -0.05) is 24.3 Å². The highest BCUT2D eigenvalue weighted by molar-refractivity contribution is 7.09. The lowest BCUT2D eigenvalue weighted by Gasteiger charge is -2.30. The van der Waals surface area contributed by atoms with Crippen LogP contribution < -0.4 is 10.6 Å². The molecule has 164 valence electrons. The van der Waals surface area contributed by atoms with Gasteiger partial charge in [0.25, 0.3) is 0 Å². The summed E-state index contributed by atoms with van der Waals surface area (Å²) in [6.07, 6.45) is -4.08. The molecule has 0 fully saturated rings. The minimum atomic E-state index is -4.44. The van der Waals surface area contributed by atoms with Gasteiger partial charge in [-0.15, -0.1) is 11.3 Å². The molecule has 2 aromatic rings. The molecule has 1 aliphatic rings. The smallest absolute Gasteiger partial charge is 0.390 e. The maximum absolute atomic E-state index is 12.7. The Balaban J connectivity index is 1.49. The third-order valence-electron chi connectivity index (χ3n) is 4.74. The van der Waals surface area contributed by atoms with Gasteiger partial charge in [-0.2, -0.15) is 13.2 Å². The topological polar surface area (TPSA) is 72.8 Å². The van der Waals surface area contributed by atoms with Crippen LogP contribution in [0.1, 0.15) is 28.8 Å². The number of nitrogens with zero attached hydrogens (tertiary/aromatic N) is 3. The number of aliphatic hydroxyl groups excluding tert-OH is 1. The molecule has 1 aromatic carbocycles. The fourth-order valence-electron chi connectivity index (χ4n) is 3.29. The third kappa shape index (κ3) is 6.41. The predicted octanol–water partition coefficient (Wildman–Crippen LogP) is 2.64. The Bertz CT molecular complexity index is 855. The number of aliphatic imine (C=N–C) groups is 1. The highest BCUT2D eigenvalue weighted by Crippen LogP contribution is 2.30. The zero-order chi connectivity index (χ0) is 21.6. The molecule has 1 atom stereocenters. The van der Waals surface area contributed by atoms with Crippen molar-refractivity contribution >= 4 is 17.3 Å². The van der Waals surface area contributed by atoms with Crippen LogP contribution in [0, 0.1) is 0 Å². The molecule has 0 saturated carbocycles. The Morgan fingerprint density at radius 2 is 2.07 bits per heavy atom. The predicted molar refractivity (Wildman–Crippen MR) is 111 cm³/mol. The Morgan fingerprint density at radius 1 is 1.30 bits per heavy atom. The Labute approximate surface area is 177 Å². The number of rotatable bonds is 7. The average Bonchev–Trinajstić information content (AvgIpc) is 3.20. The van der Waals surface area contributed by atoms with Crippen LogP contribution >= 0.6 is 11.3 Å². The molecule has 1 aliphatic heterocycles. The van der Waals surface area contributed by atoms with E-state index < -0.39 is 18.0 Å². The largest absolute Gasteiger partial charge is 0.434 e. The number of aliphatic hydroxyl groups is 1. The molecule has 0 saturated heterocycles. The van der Waals surface area contributed by atoms with Crippen molar-refractivity contribution in [1.82, 2.24) is 20.5 Å². The molecule has 0 spiro atoms. The number of β-amino-alcohol motifs (C(OH)–C–C–N with tert-alkyl or cyclic N) is 1. The monoisotopic (exact) mass is 441 g/mol. The van der Waals surface area contributed by atoms with E-state index in [1.807, 2.05) is 19.1 Å². The van der Waals surface area contributed by atoms with Gasteiger partial charge in [0.15, 0.2) is 11.7 Å². The number of nitrogens with one attached hydrogen (secondary N) is 2. The first-order chi connectivity index (χ1) is 14.3. The Morgan fingerprint density at radius 3 is 2.77 bits per heavy atom. The summed E-state index contributed by atoms with van der Waals surface area (Å²) in [5.41, 5.74) is 1.76. The third-order valence-corrected chi connectivity index (χ3v) is 5.58. The summed E-state index contributed by atoms with van der Waals surface area (Å²) in [7, 11) is 0. The molecule has 6 nitrogen and oxygen atoms in total. The minimum Gasteiger partial charge on any atom is -0.390 e. The van der Waals surface area contributed by atoms with Gasteiger partial charge in [-0.25, -0.2) is 9.98 Å². The summed E-state index contributed by atoms with van der Waals surface area (Å²) < 4.78 is 38.0. The molecule has 10 heteroatoms. The first-order valence-electron chi connectivity index (χ1n) is 9.86. The summed E-state index contributed by atoms with van der Waals surface area (Å²) in [5, 5.41) is 17.8. The molecule has 1 aromatic heterocycles. The van der Waals surface area contributed by atoms with Gasteiger partial charge in [-0.05, 0) is 24.5 Å². The molecular weight excluding hydrogens is 415 g/mol. The zero-order valence-electron chi connectivity index (χ0n) is 16.7. The standard InChI is InChI=1S/C20H26F3N5OS/c1-2-24-19(26-10-18-27-17(13-30-18)20(21,22)23)25-9-16(29)12-28-8-7-14-5-3-4-6-15(14)11-28/h3-6,13,16,29H,2,7-12H2,1H3,(H2,24,25,26). The highest BCUT2D eigenvalue weighted by Gasteiger charge is 2.33. The second-order valence-corrected chi connectivity index (χ2v) is 8.05. The molecular formula is C20H26F3N5OS. The molecule has 30 heavy (non-hydrogen) atoms. The van der Waals surface area contributed by atoms with Crippen LogP contribution in [0.25, 0.3) is 0 Å². The van der Waals surface area contributed by atoms with E-state index in [2.05, 4.69) is 37.6 Å². The summed E-state index contributed by atoms with van der Waals surface area (Å²) in [6.45, 7) is 5.05. The van der Waals surface area contributed by atoms with Crippen LogP contribution in [-0.2, 0) is 25.7 Å². The van der Waals surface area contributed by atoms with Gasteiger partial charge in [0.1, 0.15) is 5.01 Å². The van der Waals surface area contributed by atoms with Crippen LogP contribution in [0.5, 0.6) is 0 Å². The fourth-order valence-corrected chi connectivity index (χ4v) is 4.01. The number of halogens is 3. The van der Waals surface area contributed by atoms with Crippen molar-refractivity contribution in [2.75, 3.05) is 26.2 Å². The van der Waals surface area contributed by atoms with Crippen LogP contribution in [0.3, 0.4) is 0 Å². The van der Waals surface area contributed by atoms with Crippen molar-refractivity contribution in [3.05, 3.63) is 51.5 Å². The first-order valence-corrected chi connectivity index (χ1v) is 10.7. The number of hydrogen-bond acceptors (Lipinski definition) is 5. The molecule has 2 heterocycles. The van der Waals surface area contributed by atoms with E-state index >= 15 is 0 Å². The highest BCUT2D eigenvalue weighted by atomic mass is 32.1. The van der Waals surface area contributed by atoms with Crippen LogP contribution in [0.2, 0.25) is 0 Å². The second kappa shape index (κ2) is 10.2. The molecule has 0 aliphatic carbocycles. The normalized spacial score (nSPS) is 16.2. The SMILES string of the molecule is CCNC(=NCc1nc(C(F)(F)F)cs1)NCC(O)CN1CCc2ccccc2C1. The van der Waals surface area contributed by atoms with E-state index in [1.165, 1.54) is 11.1 Å². The van der Waals surface area contributed by atoms with Gasteiger partial charge in [0, 0.05) is 38.1 Å². The van der Waals surface area contributed by atoms with Crippen molar-refractivity contribution < 1.29 is 18.3 Å². The molecule has 3 rings (SSSR count). The van der Waals surface area contributed by atoms with Gasteiger partial charge >= 0.3 is 6.18 Å². The van der Waals surface area contributed by atoms with Crippen molar-refractivity contribution in [2.45, 2.75) is 38.7 Å². The van der Waals surface area contributed by atoms with E-state index in [0.29, 0.717) is 19.0 Å². The summed E-state index contributed by atoms with van der Waals surface area (Å²) >= 11 is 0.929. The van der Waals surface area contributed by atoms with E-state index in [-0.39, 0.29) is 18.1 Å². The quantitative estimate of drug-likeness (QED) is 0.455. The second-order valence-electron chi connectivity index (χ2n) is 7.11. The molecule has 0 bridgehead atoms. The van der Waals surface area contributed by atoms with Crippen molar-refractivity contribution in [3.8, 4) is 0 Å². The number of aromatic nitrogens is 1. The molecule has 0 radical (unpaired) electrons. The fraction of sp³-hybridized carbons (Fsp3) is 0.500.